The summed E-state index contributed by atoms with van der Waals surface area (Å²) in [6, 6.07) is 8.54. The third-order valence-electron chi connectivity index (χ3n) is 4.58. The number of nitrogens with zero attached hydrogens (tertiary/aromatic N) is 2. The molecule has 1 aliphatic rings. The molecule has 0 amide bonds. The van der Waals surface area contributed by atoms with E-state index in [0.717, 1.165) is 40.5 Å². The van der Waals surface area contributed by atoms with Crippen LogP contribution in [0.2, 0.25) is 0 Å². The Morgan fingerprint density at radius 1 is 1.11 bits per heavy atom. The van der Waals surface area contributed by atoms with Gasteiger partial charge in [-0.15, -0.1) is 0 Å². The highest BCUT2D eigenvalue weighted by atomic mass is 32.2. The molecule has 1 N–H and O–H groups in total. The van der Waals surface area contributed by atoms with E-state index in [-0.39, 0.29) is 18.8 Å². The Morgan fingerprint density at radius 2 is 1.81 bits per heavy atom. The molecule has 0 aliphatic carbocycles. The first kappa shape index (κ1) is 19.7. The quantitative estimate of drug-likeness (QED) is 0.762. The van der Waals surface area contributed by atoms with Crippen LogP contribution < -0.4 is 9.62 Å². The summed E-state index contributed by atoms with van der Waals surface area (Å²) >= 11 is 0. The Hall–Kier alpha value is -2.03. The molecule has 0 spiro atoms. The number of aryl methyl sites for hydroxylation is 1. The zero-order chi connectivity index (χ0) is 19.6. The second-order valence-corrected chi connectivity index (χ2v) is 8.40. The minimum Gasteiger partial charge on any atom is -0.320 e. The zero-order valence-corrected chi connectivity index (χ0v) is 16.2. The average molecular weight is 395 g/mol. The summed E-state index contributed by atoms with van der Waals surface area (Å²) < 4.78 is 57.5. The molecule has 2 aromatic rings. The lowest BCUT2D eigenvalue weighted by Gasteiger charge is -2.37. The van der Waals surface area contributed by atoms with Crippen molar-refractivity contribution >= 4 is 21.6 Å². The van der Waals surface area contributed by atoms with Gasteiger partial charge in [-0.2, -0.15) is 12.7 Å². The fourth-order valence-corrected chi connectivity index (χ4v) is 4.98. The van der Waals surface area contributed by atoms with E-state index in [1.165, 1.54) is 10.4 Å². The molecule has 0 radical (unpaired) electrons. The molecule has 27 heavy (non-hydrogen) atoms. The van der Waals surface area contributed by atoms with Crippen molar-refractivity contribution in [3.63, 3.8) is 0 Å². The molecule has 0 saturated heterocycles. The number of fused-ring (bicyclic) bond motifs is 1. The summed E-state index contributed by atoms with van der Waals surface area (Å²) in [5.41, 5.74) is 1.40. The van der Waals surface area contributed by atoms with E-state index >= 15 is 0 Å². The number of halogens is 2. The maximum Gasteiger partial charge on any atom is 0.308 e. The number of hydrogen-bond acceptors (Lipinski definition) is 3. The van der Waals surface area contributed by atoms with Gasteiger partial charge in [0.05, 0.1) is 5.69 Å². The van der Waals surface area contributed by atoms with E-state index in [9.17, 15) is 17.2 Å². The number of anilines is 2. The van der Waals surface area contributed by atoms with Crippen LogP contribution in [0, 0.1) is 18.6 Å². The fourth-order valence-electron chi connectivity index (χ4n) is 3.25. The SMILES string of the molecule is CNCCCCN1Cc2cc(C)ccc2N(c2c(F)cccc2F)S1(=O)=O. The number of rotatable bonds is 6. The Morgan fingerprint density at radius 3 is 2.48 bits per heavy atom. The summed E-state index contributed by atoms with van der Waals surface area (Å²) in [5, 5.41) is 3.02. The monoisotopic (exact) mass is 395 g/mol. The molecule has 5 nitrogen and oxygen atoms in total. The van der Waals surface area contributed by atoms with Gasteiger partial charge in [0.2, 0.25) is 0 Å². The second kappa shape index (κ2) is 7.92. The van der Waals surface area contributed by atoms with Crippen LogP contribution in [0.15, 0.2) is 36.4 Å². The molecular weight excluding hydrogens is 372 g/mol. The third-order valence-corrected chi connectivity index (χ3v) is 6.39. The van der Waals surface area contributed by atoms with Crippen molar-refractivity contribution in [2.45, 2.75) is 26.3 Å². The summed E-state index contributed by atoms with van der Waals surface area (Å²) in [5.74, 6) is -1.83. The maximum absolute atomic E-state index is 14.5. The van der Waals surface area contributed by atoms with E-state index in [1.54, 1.807) is 12.1 Å². The minimum atomic E-state index is -4.11. The zero-order valence-electron chi connectivity index (χ0n) is 15.4. The highest BCUT2D eigenvalue weighted by molar-refractivity contribution is 7.90. The van der Waals surface area contributed by atoms with Crippen LogP contribution in [0.1, 0.15) is 24.0 Å². The lowest BCUT2D eigenvalue weighted by molar-refractivity contribution is 0.388. The van der Waals surface area contributed by atoms with Crippen molar-refractivity contribution in [2.75, 3.05) is 24.4 Å². The molecule has 0 unspecified atom stereocenters. The van der Waals surface area contributed by atoms with Crippen molar-refractivity contribution in [1.82, 2.24) is 9.62 Å². The van der Waals surface area contributed by atoms with Crippen molar-refractivity contribution < 1.29 is 17.2 Å². The van der Waals surface area contributed by atoms with Crippen molar-refractivity contribution in [1.29, 1.82) is 0 Å². The normalized spacial score (nSPS) is 16.4. The minimum absolute atomic E-state index is 0.186. The van der Waals surface area contributed by atoms with Gasteiger partial charge in [-0.3, -0.25) is 0 Å². The molecule has 0 saturated carbocycles. The van der Waals surface area contributed by atoms with Crippen LogP contribution in [-0.4, -0.2) is 32.9 Å². The number of hydrogen-bond donors (Lipinski definition) is 1. The van der Waals surface area contributed by atoms with Gasteiger partial charge in [0.1, 0.15) is 5.69 Å². The van der Waals surface area contributed by atoms with Gasteiger partial charge < -0.3 is 5.32 Å². The van der Waals surface area contributed by atoms with Crippen LogP contribution in [0.4, 0.5) is 20.2 Å². The topological polar surface area (TPSA) is 52.6 Å². The standard InChI is InChI=1S/C19H23F2N3O2S/c1-14-8-9-18-15(12-14)13-23(11-4-3-10-22-2)27(25,26)24(18)19-16(20)6-5-7-17(19)21/h5-9,12,22H,3-4,10-11,13H2,1-2H3. The highest BCUT2D eigenvalue weighted by Gasteiger charge is 2.39. The smallest absolute Gasteiger partial charge is 0.308 e. The number of para-hydroxylation sites is 1. The summed E-state index contributed by atoms with van der Waals surface area (Å²) in [6.07, 6.45) is 1.45. The lowest BCUT2D eigenvalue weighted by atomic mass is 10.1. The third kappa shape index (κ3) is 3.83. The fraction of sp³-hybridized carbons (Fsp3) is 0.368. The van der Waals surface area contributed by atoms with Gasteiger partial charge in [0.15, 0.2) is 11.6 Å². The van der Waals surface area contributed by atoms with Crippen LogP contribution in [0.3, 0.4) is 0 Å². The molecule has 0 aromatic heterocycles. The molecule has 0 fully saturated rings. The first-order valence-corrected chi connectivity index (χ1v) is 10.2. The Kier molecular flexibility index (Phi) is 5.78. The van der Waals surface area contributed by atoms with Gasteiger partial charge in [-0.25, -0.2) is 13.1 Å². The molecular formula is C19H23F2N3O2S. The average Bonchev–Trinajstić information content (AvgIpc) is 2.61. The van der Waals surface area contributed by atoms with Crippen LogP contribution in [0.5, 0.6) is 0 Å². The van der Waals surface area contributed by atoms with Crippen molar-refractivity contribution in [2.24, 2.45) is 0 Å². The second-order valence-electron chi connectivity index (χ2n) is 6.62. The Balaban J connectivity index is 2.09. The van der Waals surface area contributed by atoms with Crippen LogP contribution in [0.25, 0.3) is 0 Å². The van der Waals surface area contributed by atoms with Crippen molar-refractivity contribution in [3.05, 3.63) is 59.2 Å². The Bertz CT molecular complexity index is 914. The summed E-state index contributed by atoms with van der Waals surface area (Å²) in [7, 11) is -2.28. The Labute approximate surface area is 158 Å². The molecule has 0 atom stereocenters. The first-order valence-electron chi connectivity index (χ1n) is 8.85. The number of nitrogens with one attached hydrogen (secondary N) is 1. The van der Waals surface area contributed by atoms with E-state index in [1.807, 2.05) is 20.0 Å². The van der Waals surface area contributed by atoms with E-state index < -0.39 is 27.5 Å². The largest absolute Gasteiger partial charge is 0.320 e. The van der Waals surface area contributed by atoms with Crippen LogP contribution in [-0.2, 0) is 16.8 Å². The van der Waals surface area contributed by atoms with Gasteiger partial charge in [-0.1, -0.05) is 23.8 Å². The summed E-state index contributed by atoms with van der Waals surface area (Å²) in [4.78, 5) is 0. The van der Waals surface area contributed by atoms with E-state index in [0.29, 0.717) is 6.42 Å². The van der Waals surface area contributed by atoms with E-state index in [4.69, 9.17) is 0 Å². The number of unbranched alkanes of at least 4 members (excludes halogenated alkanes) is 1. The van der Waals surface area contributed by atoms with Crippen molar-refractivity contribution in [3.8, 4) is 0 Å². The van der Waals surface area contributed by atoms with Gasteiger partial charge in [0.25, 0.3) is 0 Å². The van der Waals surface area contributed by atoms with Crippen LogP contribution >= 0.6 is 0 Å². The summed E-state index contributed by atoms with van der Waals surface area (Å²) in [6.45, 7) is 3.14. The molecule has 1 aliphatic heterocycles. The molecule has 0 bridgehead atoms. The van der Waals surface area contributed by atoms with E-state index in [2.05, 4.69) is 5.32 Å². The van der Waals surface area contributed by atoms with Gasteiger partial charge in [-0.05, 0) is 57.1 Å². The molecule has 146 valence electrons. The molecule has 1 heterocycles. The maximum atomic E-state index is 14.5. The predicted octanol–water partition coefficient (Wildman–Crippen LogP) is 3.47. The highest BCUT2D eigenvalue weighted by Crippen LogP contribution is 2.41. The first-order chi connectivity index (χ1) is 12.9. The predicted molar refractivity (Wildman–Crippen MR) is 102 cm³/mol. The van der Waals surface area contributed by atoms with Gasteiger partial charge in [0, 0.05) is 13.1 Å². The molecule has 8 heteroatoms. The van der Waals surface area contributed by atoms with Gasteiger partial charge >= 0.3 is 10.2 Å². The number of benzene rings is 2. The lowest BCUT2D eigenvalue weighted by Crippen LogP contribution is -2.46. The molecule has 2 aromatic carbocycles. The molecule has 3 rings (SSSR count).